The number of carbonyl (C=O) groups is 2. The number of carbonyl (C=O) groups excluding carboxylic acids is 1. The molecule has 1 aliphatic carbocycles. The third-order valence-electron chi connectivity index (χ3n) is 4.30. The number of hydrogen-bond acceptors (Lipinski definition) is 2. The average molecular weight is 275 g/mol. The second-order valence-corrected chi connectivity index (χ2v) is 6.79. The summed E-state index contributed by atoms with van der Waals surface area (Å²) in [6, 6.07) is 5.70. The van der Waals surface area contributed by atoms with Gasteiger partial charge in [-0.2, -0.15) is 0 Å². The quantitative estimate of drug-likeness (QED) is 0.774. The summed E-state index contributed by atoms with van der Waals surface area (Å²) in [5.41, 5.74) is 3.16. The average Bonchev–Trinajstić information content (AvgIpc) is 2.35. The molecule has 0 saturated heterocycles. The van der Waals surface area contributed by atoms with Crippen LogP contribution in [0.2, 0.25) is 0 Å². The van der Waals surface area contributed by atoms with Gasteiger partial charge in [-0.1, -0.05) is 33.8 Å². The molecule has 0 atom stereocenters. The van der Waals surface area contributed by atoms with Crippen LogP contribution in [-0.2, 0) is 20.4 Å². The van der Waals surface area contributed by atoms with Crippen LogP contribution in [0.3, 0.4) is 0 Å². The molecule has 4 nitrogen and oxygen atoms in total. The molecular weight excluding hydrogens is 254 g/mol. The van der Waals surface area contributed by atoms with Gasteiger partial charge in [0.25, 0.3) is 0 Å². The Hall–Kier alpha value is -1.84. The third-order valence-corrected chi connectivity index (χ3v) is 4.30. The molecule has 108 valence electrons. The topological polar surface area (TPSA) is 66.4 Å². The van der Waals surface area contributed by atoms with Crippen molar-refractivity contribution in [3.05, 3.63) is 29.3 Å². The van der Waals surface area contributed by atoms with Gasteiger partial charge >= 0.3 is 11.9 Å². The maximum absolute atomic E-state index is 11.3. The number of amides is 1. The van der Waals surface area contributed by atoms with Gasteiger partial charge in [-0.3, -0.25) is 4.79 Å². The molecule has 0 aromatic heterocycles. The summed E-state index contributed by atoms with van der Waals surface area (Å²) in [5.74, 6) is -2.47. The largest absolute Gasteiger partial charge is 0.474 e. The fourth-order valence-electron chi connectivity index (χ4n) is 2.85. The Morgan fingerprint density at radius 2 is 1.60 bits per heavy atom. The lowest BCUT2D eigenvalue weighted by atomic mass is 9.63. The van der Waals surface area contributed by atoms with Gasteiger partial charge in [-0.25, -0.2) is 4.79 Å². The molecule has 1 aliphatic rings. The summed E-state index contributed by atoms with van der Waals surface area (Å²) in [6.45, 7) is 8.81. The van der Waals surface area contributed by atoms with Crippen LogP contribution in [0.5, 0.6) is 0 Å². The maximum atomic E-state index is 11.3. The number of hydrogen-bond donors (Lipinski definition) is 2. The molecule has 1 aromatic carbocycles. The Labute approximate surface area is 119 Å². The van der Waals surface area contributed by atoms with Gasteiger partial charge in [0.05, 0.1) is 0 Å². The SMILES string of the molecule is CC1(C)CCC(C)(C)c2cc(NC(=O)C(=O)O)ccc21. The van der Waals surface area contributed by atoms with Crippen LogP contribution in [0.1, 0.15) is 51.7 Å². The van der Waals surface area contributed by atoms with E-state index in [1.54, 1.807) is 6.07 Å². The summed E-state index contributed by atoms with van der Waals surface area (Å²) in [5, 5.41) is 11.1. The fourth-order valence-corrected chi connectivity index (χ4v) is 2.85. The molecule has 0 aliphatic heterocycles. The first-order valence-electron chi connectivity index (χ1n) is 6.83. The summed E-state index contributed by atoms with van der Waals surface area (Å²) in [4.78, 5) is 21.9. The van der Waals surface area contributed by atoms with E-state index in [-0.39, 0.29) is 10.8 Å². The summed E-state index contributed by atoms with van der Waals surface area (Å²) in [6.07, 6.45) is 2.19. The lowest BCUT2D eigenvalue weighted by molar-refractivity contribution is -0.147. The first kappa shape index (κ1) is 14.6. The number of fused-ring (bicyclic) bond motifs is 1. The van der Waals surface area contributed by atoms with Crippen LogP contribution < -0.4 is 5.32 Å². The van der Waals surface area contributed by atoms with Crippen molar-refractivity contribution in [1.29, 1.82) is 0 Å². The number of nitrogens with one attached hydrogen (secondary N) is 1. The van der Waals surface area contributed by atoms with Crippen molar-refractivity contribution in [1.82, 2.24) is 0 Å². The van der Waals surface area contributed by atoms with E-state index in [4.69, 9.17) is 5.11 Å². The molecule has 2 N–H and O–H groups in total. The zero-order valence-electron chi connectivity index (χ0n) is 12.4. The van der Waals surface area contributed by atoms with Crippen LogP contribution in [0.4, 0.5) is 5.69 Å². The highest BCUT2D eigenvalue weighted by atomic mass is 16.4. The lowest BCUT2D eigenvalue weighted by Crippen LogP contribution is -2.34. The highest BCUT2D eigenvalue weighted by molar-refractivity contribution is 6.36. The van der Waals surface area contributed by atoms with E-state index >= 15 is 0 Å². The first-order chi connectivity index (χ1) is 9.13. The van der Waals surface area contributed by atoms with Crippen molar-refractivity contribution in [2.24, 2.45) is 0 Å². The number of benzene rings is 1. The van der Waals surface area contributed by atoms with Crippen molar-refractivity contribution >= 4 is 17.6 Å². The molecule has 2 rings (SSSR count). The molecule has 0 fully saturated rings. The summed E-state index contributed by atoms with van der Waals surface area (Å²) < 4.78 is 0. The van der Waals surface area contributed by atoms with Crippen LogP contribution in [0, 0.1) is 0 Å². The van der Waals surface area contributed by atoms with E-state index in [1.165, 1.54) is 11.1 Å². The van der Waals surface area contributed by atoms with Gasteiger partial charge in [0.15, 0.2) is 0 Å². The van der Waals surface area contributed by atoms with Crippen LogP contribution in [0.15, 0.2) is 18.2 Å². The second-order valence-electron chi connectivity index (χ2n) is 6.79. The van der Waals surface area contributed by atoms with Crippen molar-refractivity contribution in [2.75, 3.05) is 5.32 Å². The molecule has 4 heteroatoms. The standard InChI is InChI=1S/C16H21NO3/c1-15(2)7-8-16(3,4)12-9-10(5-6-11(12)15)17-13(18)14(19)20/h5-6,9H,7-8H2,1-4H3,(H,17,18)(H,19,20). The molecule has 0 heterocycles. The maximum Gasteiger partial charge on any atom is 0.394 e. The molecule has 0 unspecified atom stereocenters. The normalized spacial score (nSPS) is 19.0. The monoisotopic (exact) mass is 275 g/mol. The highest BCUT2D eigenvalue weighted by Gasteiger charge is 2.37. The van der Waals surface area contributed by atoms with E-state index < -0.39 is 11.9 Å². The zero-order valence-corrected chi connectivity index (χ0v) is 12.4. The highest BCUT2D eigenvalue weighted by Crippen LogP contribution is 2.46. The van der Waals surface area contributed by atoms with Gasteiger partial charge in [-0.05, 0) is 46.9 Å². The van der Waals surface area contributed by atoms with Crippen molar-refractivity contribution in [3.63, 3.8) is 0 Å². The van der Waals surface area contributed by atoms with Crippen molar-refractivity contribution in [2.45, 2.75) is 51.4 Å². The van der Waals surface area contributed by atoms with E-state index in [0.717, 1.165) is 12.8 Å². The van der Waals surface area contributed by atoms with E-state index in [0.29, 0.717) is 5.69 Å². The van der Waals surface area contributed by atoms with Crippen LogP contribution >= 0.6 is 0 Å². The Morgan fingerprint density at radius 3 is 2.15 bits per heavy atom. The van der Waals surface area contributed by atoms with Gasteiger partial charge in [0.2, 0.25) is 0 Å². The molecular formula is C16H21NO3. The minimum Gasteiger partial charge on any atom is -0.474 e. The number of carboxylic acids is 1. The predicted molar refractivity (Wildman–Crippen MR) is 78.0 cm³/mol. The Balaban J connectivity index is 2.43. The molecule has 0 radical (unpaired) electrons. The molecule has 1 aromatic rings. The molecule has 0 saturated carbocycles. The van der Waals surface area contributed by atoms with E-state index in [2.05, 4.69) is 33.0 Å². The molecule has 1 amide bonds. The fraction of sp³-hybridized carbons (Fsp3) is 0.500. The van der Waals surface area contributed by atoms with E-state index in [1.807, 2.05) is 12.1 Å². The number of aliphatic carboxylic acids is 1. The molecule has 0 spiro atoms. The Morgan fingerprint density at radius 1 is 1.05 bits per heavy atom. The predicted octanol–water partition coefficient (Wildman–Crippen LogP) is 3.06. The number of carboxylic acid groups (broad SMARTS) is 1. The smallest absolute Gasteiger partial charge is 0.394 e. The Bertz CT molecular complexity index is 573. The summed E-state index contributed by atoms with van der Waals surface area (Å²) >= 11 is 0. The van der Waals surface area contributed by atoms with Gasteiger partial charge in [0, 0.05) is 5.69 Å². The van der Waals surface area contributed by atoms with Crippen molar-refractivity contribution < 1.29 is 14.7 Å². The summed E-state index contributed by atoms with van der Waals surface area (Å²) in [7, 11) is 0. The zero-order chi connectivity index (χ0) is 15.1. The third kappa shape index (κ3) is 2.55. The number of anilines is 1. The number of rotatable bonds is 1. The van der Waals surface area contributed by atoms with Crippen LogP contribution in [0.25, 0.3) is 0 Å². The Kier molecular flexibility index (Phi) is 3.36. The molecule has 0 bridgehead atoms. The van der Waals surface area contributed by atoms with Crippen molar-refractivity contribution in [3.8, 4) is 0 Å². The minimum atomic E-state index is -1.47. The van der Waals surface area contributed by atoms with Gasteiger partial charge < -0.3 is 10.4 Å². The molecule has 20 heavy (non-hydrogen) atoms. The van der Waals surface area contributed by atoms with Gasteiger partial charge in [0.1, 0.15) is 0 Å². The van der Waals surface area contributed by atoms with E-state index in [9.17, 15) is 9.59 Å². The second kappa shape index (κ2) is 4.62. The first-order valence-corrected chi connectivity index (χ1v) is 6.83. The van der Waals surface area contributed by atoms with Crippen LogP contribution in [-0.4, -0.2) is 17.0 Å². The van der Waals surface area contributed by atoms with Gasteiger partial charge in [-0.15, -0.1) is 0 Å². The minimum absolute atomic E-state index is 0.0365. The lowest BCUT2D eigenvalue weighted by Gasteiger charge is -2.42.